The highest BCUT2D eigenvalue weighted by Crippen LogP contribution is 2.24. The molecule has 6 nitrogen and oxygen atoms in total. The van der Waals surface area contributed by atoms with Crippen molar-refractivity contribution in [1.82, 2.24) is 14.9 Å². The number of H-pyrrole nitrogens is 2. The molecule has 4 rings (SSSR count). The molecule has 0 aliphatic carbocycles. The number of hydrogen-bond donors (Lipinski definition) is 2. The summed E-state index contributed by atoms with van der Waals surface area (Å²) in [5.74, 6) is -0.418. The molecule has 2 heterocycles. The van der Waals surface area contributed by atoms with E-state index in [1.165, 1.54) is 12.1 Å². The van der Waals surface area contributed by atoms with Gasteiger partial charge >= 0.3 is 11.1 Å². The minimum absolute atomic E-state index is 0.00428. The molecule has 1 unspecified atom stereocenters. The Balaban J connectivity index is 1.61. The molecule has 0 bridgehead atoms. The van der Waals surface area contributed by atoms with Gasteiger partial charge in [-0.1, -0.05) is 12.1 Å². The number of halogens is 1. The number of carbonyl (C=O) groups is 1. The third-order valence-corrected chi connectivity index (χ3v) is 4.97. The highest BCUT2D eigenvalue weighted by molar-refractivity contribution is 5.97. The van der Waals surface area contributed by atoms with Crippen molar-refractivity contribution in [2.75, 3.05) is 6.54 Å². The Hall–Kier alpha value is -3.22. The Morgan fingerprint density at radius 2 is 1.85 bits per heavy atom. The number of aromatic nitrogens is 2. The van der Waals surface area contributed by atoms with Crippen molar-refractivity contribution < 1.29 is 9.18 Å². The molecule has 27 heavy (non-hydrogen) atoms. The summed E-state index contributed by atoms with van der Waals surface area (Å²) < 4.78 is 13.4. The number of fused-ring (bicyclic) bond motifs is 1. The van der Waals surface area contributed by atoms with E-state index >= 15 is 0 Å². The number of aromatic amines is 2. The maximum Gasteiger partial charge on any atom is 0.314 e. The molecule has 0 radical (unpaired) electrons. The minimum atomic E-state index is -0.753. The van der Waals surface area contributed by atoms with Crippen LogP contribution in [-0.4, -0.2) is 33.4 Å². The maximum atomic E-state index is 13.4. The smallest absolute Gasteiger partial charge is 0.314 e. The first-order chi connectivity index (χ1) is 13.0. The van der Waals surface area contributed by atoms with Gasteiger partial charge < -0.3 is 14.9 Å². The summed E-state index contributed by atoms with van der Waals surface area (Å²) in [7, 11) is 0. The van der Waals surface area contributed by atoms with Crippen molar-refractivity contribution >= 4 is 16.9 Å². The molecule has 1 fully saturated rings. The monoisotopic (exact) mass is 367 g/mol. The number of rotatable bonds is 3. The van der Waals surface area contributed by atoms with Crippen LogP contribution in [0.5, 0.6) is 0 Å². The van der Waals surface area contributed by atoms with Gasteiger partial charge in [0.2, 0.25) is 0 Å². The summed E-state index contributed by atoms with van der Waals surface area (Å²) in [6.45, 7) is 0.638. The molecule has 1 saturated heterocycles. The molecular weight excluding hydrogens is 349 g/mol. The largest absolute Gasteiger partial charge is 0.335 e. The molecule has 7 heteroatoms. The Labute approximate surface area is 153 Å². The van der Waals surface area contributed by atoms with Crippen LogP contribution in [0.2, 0.25) is 0 Å². The second kappa shape index (κ2) is 6.83. The zero-order valence-electron chi connectivity index (χ0n) is 14.5. The lowest BCUT2D eigenvalue weighted by Gasteiger charge is -2.25. The fourth-order valence-corrected chi connectivity index (χ4v) is 3.66. The summed E-state index contributed by atoms with van der Waals surface area (Å²) in [5.41, 5.74) is 0.699. The fraction of sp³-hybridized carbons (Fsp3) is 0.250. The number of carbonyl (C=O) groups excluding carboxylic acids is 1. The Bertz CT molecular complexity index is 1140. The van der Waals surface area contributed by atoms with E-state index in [0.29, 0.717) is 29.6 Å². The molecule has 3 aromatic rings. The van der Waals surface area contributed by atoms with Gasteiger partial charge in [0.1, 0.15) is 5.82 Å². The van der Waals surface area contributed by atoms with Crippen LogP contribution >= 0.6 is 0 Å². The van der Waals surface area contributed by atoms with Crippen LogP contribution < -0.4 is 11.1 Å². The molecule has 1 atom stereocenters. The quantitative estimate of drug-likeness (QED) is 0.696. The number of benzene rings is 2. The average Bonchev–Trinajstić information content (AvgIpc) is 3.10. The van der Waals surface area contributed by atoms with Crippen molar-refractivity contribution in [3.63, 3.8) is 0 Å². The van der Waals surface area contributed by atoms with Crippen molar-refractivity contribution in [2.24, 2.45) is 0 Å². The predicted molar refractivity (Wildman–Crippen MR) is 99.4 cm³/mol. The molecule has 1 aliphatic rings. The summed E-state index contributed by atoms with van der Waals surface area (Å²) in [6.07, 6.45) is 2.35. The molecule has 2 N–H and O–H groups in total. The zero-order chi connectivity index (χ0) is 19.0. The van der Waals surface area contributed by atoms with Gasteiger partial charge in [0, 0.05) is 18.2 Å². The SMILES string of the molecule is O=C(c1ccc2[nH]c(=O)c(=O)[nH]c2c1)N1CCCC1Cc1cccc(F)c1. The highest BCUT2D eigenvalue weighted by atomic mass is 19.1. The highest BCUT2D eigenvalue weighted by Gasteiger charge is 2.29. The molecule has 2 aromatic carbocycles. The van der Waals surface area contributed by atoms with Crippen LogP contribution in [0.25, 0.3) is 11.0 Å². The number of nitrogens with zero attached hydrogens (tertiary/aromatic N) is 1. The van der Waals surface area contributed by atoms with Crippen LogP contribution in [0.1, 0.15) is 28.8 Å². The van der Waals surface area contributed by atoms with Crippen LogP contribution in [0, 0.1) is 5.82 Å². The van der Waals surface area contributed by atoms with Crippen LogP contribution in [0.15, 0.2) is 52.1 Å². The lowest BCUT2D eigenvalue weighted by atomic mass is 10.0. The van der Waals surface area contributed by atoms with Gasteiger partial charge in [-0.2, -0.15) is 0 Å². The normalized spacial score (nSPS) is 16.8. The minimum Gasteiger partial charge on any atom is -0.335 e. The van der Waals surface area contributed by atoms with Gasteiger partial charge in [0.05, 0.1) is 11.0 Å². The lowest BCUT2D eigenvalue weighted by molar-refractivity contribution is 0.0736. The fourth-order valence-electron chi connectivity index (χ4n) is 3.66. The van der Waals surface area contributed by atoms with Gasteiger partial charge in [0.15, 0.2) is 0 Å². The van der Waals surface area contributed by atoms with E-state index in [-0.39, 0.29) is 17.8 Å². The van der Waals surface area contributed by atoms with Crippen LogP contribution in [0.3, 0.4) is 0 Å². The average molecular weight is 367 g/mol. The van der Waals surface area contributed by atoms with E-state index < -0.39 is 11.1 Å². The van der Waals surface area contributed by atoms with Crippen molar-refractivity contribution in [1.29, 1.82) is 0 Å². The van der Waals surface area contributed by atoms with E-state index in [9.17, 15) is 18.8 Å². The van der Waals surface area contributed by atoms with Gasteiger partial charge in [0.25, 0.3) is 5.91 Å². The topological polar surface area (TPSA) is 86.0 Å². The third-order valence-electron chi connectivity index (χ3n) is 4.97. The first-order valence-electron chi connectivity index (χ1n) is 8.83. The molecule has 1 aliphatic heterocycles. The Morgan fingerprint density at radius 1 is 1.07 bits per heavy atom. The van der Waals surface area contributed by atoms with Gasteiger partial charge in [-0.05, 0) is 55.2 Å². The van der Waals surface area contributed by atoms with Crippen molar-refractivity contribution in [3.8, 4) is 0 Å². The molecule has 1 amide bonds. The molecule has 0 saturated carbocycles. The van der Waals surface area contributed by atoms with Crippen LogP contribution in [0.4, 0.5) is 4.39 Å². The van der Waals surface area contributed by atoms with Gasteiger partial charge in [-0.25, -0.2) is 4.39 Å². The van der Waals surface area contributed by atoms with E-state index in [2.05, 4.69) is 9.97 Å². The van der Waals surface area contributed by atoms with Gasteiger partial charge in [-0.3, -0.25) is 14.4 Å². The second-order valence-corrected chi connectivity index (χ2v) is 6.80. The van der Waals surface area contributed by atoms with Gasteiger partial charge in [-0.15, -0.1) is 0 Å². The lowest BCUT2D eigenvalue weighted by Crippen LogP contribution is -2.37. The maximum absolute atomic E-state index is 13.4. The number of amides is 1. The van der Waals surface area contributed by atoms with E-state index in [1.54, 1.807) is 29.2 Å². The van der Waals surface area contributed by atoms with Crippen molar-refractivity contribution in [3.05, 3.63) is 80.1 Å². The standard InChI is InChI=1S/C20H18FN3O3/c21-14-4-1-3-12(9-14)10-15-5-2-8-24(15)20(27)13-6-7-16-17(11-13)23-19(26)18(25)22-16/h1,3-4,6-7,9,11,15H,2,5,8,10H2,(H,22,25)(H,23,26). The third kappa shape index (κ3) is 3.40. The van der Waals surface area contributed by atoms with Crippen LogP contribution in [-0.2, 0) is 6.42 Å². The summed E-state index contributed by atoms with van der Waals surface area (Å²) in [5, 5.41) is 0. The molecule has 1 aromatic heterocycles. The predicted octanol–water partition coefficient (Wildman–Crippen LogP) is 2.20. The zero-order valence-corrected chi connectivity index (χ0v) is 14.5. The van der Waals surface area contributed by atoms with E-state index in [1.807, 2.05) is 6.07 Å². The van der Waals surface area contributed by atoms with E-state index in [0.717, 1.165) is 18.4 Å². The number of hydrogen-bond acceptors (Lipinski definition) is 3. The molecule has 0 spiro atoms. The summed E-state index contributed by atoms with van der Waals surface area (Å²) in [6, 6.07) is 11.3. The Kier molecular flexibility index (Phi) is 4.35. The summed E-state index contributed by atoms with van der Waals surface area (Å²) in [4.78, 5) is 42.7. The van der Waals surface area contributed by atoms with E-state index in [4.69, 9.17) is 0 Å². The Morgan fingerprint density at radius 3 is 2.63 bits per heavy atom. The summed E-state index contributed by atoms with van der Waals surface area (Å²) >= 11 is 0. The first-order valence-corrected chi connectivity index (χ1v) is 8.83. The number of nitrogens with one attached hydrogen (secondary N) is 2. The molecule has 138 valence electrons. The second-order valence-electron chi connectivity index (χ2n) is 6.80. The molecular formula is C20H18FN3O3. The van der Waals surface area contributed by atoms with Crippen molar-refractivity contribution in [2.45, 2.75) is 25.3 Å². The first kappa shape index (κ1) is 17.2. The number of likely N-dealkylation sites (tertiary alicyclic amines) is 1.